The van der Waals surface area contributed by atoms with E-state index in [1.54, 1.807) is 24.7 Å². The highest BCUT2D eigenvalue weighted by atomic mass is 16.6. The SMILES string of the molecule is COC(=O)COc1ccccc1C=Nc1cccnc1. The van der Waals surface area contributed by atoms with E-state index in [0.29, 0.717) is 5.75 Å². The first-order valence-electron chi connectivity index (χ1n) is 6.02. The van der Waals surface area contributed by atoms with Crippen LogP contribution in [-0.2, 0) is 9.53 Å². The summed E-state index contributed by atoms with van der Waals surface area (Å²) in [5.74, 6) is 0.148. The van der Waals surface area contributed by atoms with Gasteiger partial charge < -0.3 is 9.47 Å². The number of aliphatic imine (C=N–C) groups is 1. The zero-order valence-corrected chi connectivity index (χ0v) is 11.0. The molecule has 1 aromatic heterocycles. The van der Waals surface area contributed by atoms with Crippen molar-refractivity contribution in [2.75, 3.05) is 13.7 Å². The molecular formula is C15H14N2O3. The van der Waals surface area contributed by atoms with Crippen LogP contribution in [0.25, 0.3) is 0 Å². The van der Waals surface area contributed by atoms with Crippen LogP contribution in [0, 0.1) is 0 Å². The quantitative estimate of drug-likeness (QED) is 0.618. The van der Waals surface area contributed by atoms with Crippen LogP contribution in [0.1, 0.15) is 5.56 Å². The van der Waals surface area contributed by atoms with Crippen LogP contribution in [-0.4, -0.2) is 30.9 Å². The number of hydrogen-bond acceptors (Lipinski definition) is 5. The lowest BCUT2D eigenvalue weighted by molar-refractivity contribution is -0.142. The number of carbonyl (C=O) groups is 1. The summed E-state index contributed by atoms with van der Waals surface area (Å²) >= 11 is 0. The minimum Gasteiger partial charge on any atom is -0.481 e. The summed E-state index contributed by atoms with van der Waals surface area (Å²) in [6, 6.07) is 11.0. The third-order valence-electron chi connectivity index (χ3n) is 2.49. The number of methoxy groups -OCH3 is 1. The van der Waals surface area contributed by atoms with Crippen molar-refractivity contribution in [3.8, 4) is 5.75 Å². The molecule has 0 amide bonds. The van der Waals surface area contributed by atoms with Crippen LogP contribution in [0.2, 0.25) is 0 Å². The van der Waals surface area contributed by atoms with E-state index < -0.39 is 5.97 Å². The standard InChI is InChI=1S/C15H14N2O3/c1-19-15(18)11-20-14-7-3-2-5-12(14)9-17-13-6-4-8-16-10-13/h2-10H,11H2,1H3. The molecule has 0 fully saturated rings. The predicted molar refractivity (Wildman–Crippen MR) is 75.4 cm³/mol. The first-order chi connectivity index (χ1) is 9.79. The van der Waals surface area contributed by atoms with Crippen molar-refractivity contribution in [1.29, 1.82) is 0 Å². The maximum absolute atomic E-state index is 11.1. The van der Waals surface area contributed by atoms with Gasteiger partial charge >= 0.3 is 5.97 Å². The minimum absolute atomic E-state index is 0.131. The molecule has 1 heterocycles. The fourth-order valence-corrected chi connectivity index (χ4v) is 1.49. The molecule has 0 atom stereocenters. The second-order valence-electron chi connectivity index (χ2n) is 3.87. The second kappa shape index (κ2) is 7.04. The van der Waals surface area contributed by atoms with Gasteiger partial charge in [-0.2, -0.15) is 0 Å². The molecule has 0 radical (unpaired) electrons. The van der Waals surface area contributed by atoms with Crippen molar-refractivity contribution in [2.24, 2.45) is 4.99 Å². The van der Waals surface area contributed by atoms with Crippen LogP contribution in [0.4, 0.5) is 5.69 Å². The van der Waals surface area contributed by atoms with Gasteiger partial charge in [0.15, 0.2) is 6.61 Å². The van der Waals surface area contributed by atoms with Crippen molar-refractivity contribution in [3.05, 3.63) is 54.4 Å². The van der Waals surface area contributed by atoms with Gasteiger partial charge in [-0.25, -0.2) is 4.79 Å². The number of esters is 1. The number of carbonyl (C=O) groups excluding carboxylic acids is 1. The number of rotatable bonds is 5. The largest absolute Gasteiger partial charge is 0.481 e. The highest BCUT2D eigenvalue weighted by Gasteiger charge is 2.04. The molecule has 0 saturated carbocycles. The Morgan fingerprint density at radius 3 is 2.90 bits per heavy atom. The third kappa shape index (κ3) is 3.91. The average Bonchev–Trinajstić information content (AvgIpc) is 2.52. The van der Waals surface area contributed by atoms with E-state index in [-0.39, 0.29) is 6.61 Å². The van der Waals surface area contributed by atoms with E-state index >= 15 is 0 Å². The van der Waals surface area contributed by atoms with E-state index in [1.165, 1.54) is 7.11 Å². The Balaban J connectivity index is 2.11. The Kier molecular flexibility index (Phi) is 4.83. The predicted octanol–water partition coefficient (Wildman–Crippen LogP) is 2.38. The molecule has 5 nitrogen and oxygen atoms in total. The lowest BCUT2D eigenvalue weighted by Crippen LogP contribution is -2.13. The Bertz CT molecular complexity index is 597. The van der Waals surface area contributed by atoms with Gasteiger partial charge in [-0.3, -0.25) is 9.98 Å². The molecule has 0 spiro atoms. The Morgan fingerprint density at radius 2 is 2.15 bits per heavy atom. The molecule has 20 heavy (non-hydrogen) atoms. The molecule has 2 aromatic rings. The molecule has 0 aliphatic rings. The summed E-state index contributed by atoms with van der Waals surface area (Å²) in [6.45, 7) is -0.131. The summed E-state index contributed by atoms with van der Waals surface area (Å²) in [7, 11) is 1.32. The first-order valence-corrected chi connectivity index (χ1v) is 6.02. The summed E-state index contributed by atoms with van der Waals surface area (Å²) in [6.07, 6.45) is 5.02. The maximum atomic E-state index is 11.1. The van der Waals surface area contributed by atoms with Gasteiger partial charge in [-0.15, -0.1) is 0 Å². The van der Waals surface area contributed by atoms with Gasteiger partial charge in [0.25, 0.3) is 0 Å². The molecule has 5 heteroatoms. The van der Waals surface area contributed by atoms with Crippen molar-refractivity contribution >= 4 is 17.9 Å². The number of pyridine rings is 1. The highest BCUT2D eigenvalue weighted by molar-refractivity contribution is 5.85. The fourth-order valence-electron chi connectivity index (χ4n) is 1.49. The fraction of sp³-hybridized carbons (Fsp3) is 0.133. The van der Waals surface area contributed by atoms with Crippen LogP contribution in [0.5, 0.6) is 5.75 Å². The molecule has 0 aliphatic heterocycles. The van der Waals surface area contributed by atoms with Crippen LogP contribution < -0.4 is 4.74 Å². The smallest absolute Gasteiger partial charge is 0.343 e. The minimum atomic E-state index is -0.427. The zero-order chi connectivity index (χ0) is 14.2. The summed E-state index contributed by atoms with van der Waals surface area (Å²) in [4.78, 5) is 19.4. The van der Waals surface area contributed by atoms with Crippen molar-refractivity contribution < 1.29 is 14.3 Å². The zero-order valence-electron chi connectivity index (χ0n) is 11.0. The summed E-state index contributed by atoms with van der Waals surface area (Å²) in [5, 5.41) is 0. The van der Waals surface area contributed by atoms with Gasteiger partial charge in [-0.1, -0.05) is 12.1 Å². The first kappa shape index (κ1) is 13.7. The van der Waals surface area contributed by atoms with E-state index in [4.69, 9.17) is 4.74 Å². The van der Waals surface area contributed by atoms with E-state index in [2.05, 4.69) is 14.7 Å². The van der Waals surface area contributed by atoms with E-state index in [0.717, 1.165) is 11.3 Å². The third-order valence-corrected chi connectivity index (χ3v) is 2.49. The maximum Gasteiger partial charge on any atom is 0.343 e. The van der Waals surface area contributed by atoms with Gasteiger partial charge in [0, 0.05) is 18.0 Å². The topological polar surface area (TPSA) is 60.8 Å². The Labute approximate surface area is 116 Å². The summed E-state index contributed by atoms with van der Waals surface area (Å²) < 4.78 is 9.93. The van der Waals surface area contributed by atoms with E-state index in [1.807, 2.05) is 30.3 Å². The van der Waals surface area contributed by atoms with Crippen LogP contribution in [0.3, 0.4) is 0 Å². The molecule has 0 aliphatic carbocycles. The molecular weight excluding hydrogens is 256 g/mol. The number of hydrogen-bond donors (Lipinski definition) is 0. The molecule has 0 saturated heterocycles. The van der Waals surface area contributed by atoms with Crippen LogP contribution in [0.15, 0.2) is 53.8 Å². The van der Waals surface area contributed by atoms with Gasteiger partial charge in [0.05, 0.1) is 19.0 Å². The molecule has 0 bridgehead atoms. The number of ether oxygens (including phenoxy) is 2. The van der Waals surface area contributed by atoms with Crippen molar-refractivity contribution in [2.45, 2.75) is 0 Å². The van der Waals surface area contributed by atoms with Gasteiger partial charge in [0.1, 0.15) is 5.75 Å². The number of nitrogens with zero attached hydrogens (tertiary/aromatic N) is 2. The molecule has 2 rings (SSSR count). The second-order valence-corrected chi connectivity index (χ2v) is 3.87. The molecule has 0 N–H and O–H groups in total. The molecule has 0 unspecified atom stereocenters. The molecule has 1 aromatic carbocycles. The molecule has 102 valence electrons. The Hall–Kier alpha value is -2.69. The number of aromatic nitrogens is 1. The summed E-state index contributed by atoms with van der Waals surface area (Å²) in [5.41, 5.74) is 1.52. The van der Waals surface area contributed by atoms with Crippen molar-refractivity contribution in [3.63, 3.8) is 0 Å². The normalized spacial score (nSPS) is 10.4. The van der Waals surface area contributed by atoms with Crippen LogP contribution >= 0.6 is 0 Å². The Morgan fingerprint density at radius 1 is 1.30 bits per heavy atom. The van der Waals surface area contributed by atoms with Gasteiger partial charge in [0.2, 0.25) is 0 Å². The monoisotopic (exact) mass is 270 g/mol. The van der Waals surface area contributed by atoms with E-state index in [9.17, 15) is 4.79 Å². The number of para-hydroxylation sites is 1. The van der Waals surface area contributed by atoms with Gasteiger partial charge in [-0.05, 0) is 24.3 Å². The average molecular weight is 270 g/mol. The lowest BCUT2D eigenvalue weighted by atomic mass is 10.2. The lowest BCUT2D eigenvalue weighted by Gasteiger charge is -2.07. The van der Waals surface area contributed by atoms with Crippen molar-refractivity contribution in [1.82, 2.24) is 4.98 Å². The number of benzene rings is 1. The highest BCUT2D eigenvalue weighted by Crippen LogP contribution is 2.17.